The van der Waals surface area contributed by atoms with E-state index in [9.17, 15) is 9.59 Å². The molecule has 0 saturated carbocycles. The first-order valence-electron chi connectivity index (χ1n) is 10.6. The lowest BCUT2D eigenvalue weighted by Gasteiger charge is -2.32. The third-order valence-electron chi connectivity index (χ3n) is 5.78. The number of piperidine rings is 1. The number of fused-ring (bicyclic) bond motifs is 1. The van der Waals surface area contributed by atoms with Gasteiger partial charge in [0.1, 0.15) is 5.69 Å². The Labute approximate surface area is 176 Å². The fourth-order valence-corrected chi connectivity index (χ4v) is 4.03. The van der Waals surface area contributed by atoms with Crippen LogP contribution in [0.1, 0.15) is 35.3 Å². The zero-order valence-corrected chi connectivity index (χ0v) is 17.3. The quantitative estimate of drug-likeness (QED) is 0.584. The number of hydrogen-bond acceptors (Lipinski definition) is 2. The number of nitrogens with zero attached hydrogens (tertiary/aromatic N) is 1. The number of likely N-dealkylation sites (tertiary alicyclic amines) is 1. The first-order chi connectivity index (χ1) is 14.6. The standard InChI is InChI=1S/C24H28N4O2/c1-17-5-4-7-20(15-17)26-24(30)28-13-10-18(11-14-28)9-12-25-23(29)22-16-19-6-2-3-8-21(19)27-22/h2-8,15-16,18,27H,9-14H2,1H3,(H,25,29)(H,26,30). The Morgan fingerprint density at radius 1 is 1.07 bits per heavy atom. The second-order valence-electron chi connectivity index (χ2n) is 8.04. The van der Waals surface area contributed by atoms with Crippen molar-refractivity contribution in [2.75, 3.05) is 25.0 Å². The summed E-state index contributed by atoms with van der Waals surface area (Å²) in [5, 5.41) is 7.04. The largest absolute Gasteiger partial charge is 0.351 e. The molecule has 6 nitrogen and oxygen atoms in total. The van der Waals surface area contributed by atoms with Crippen LogP contribution in [0, 0.1) is 12.8 Å². The molecule has 0 radical (unpaired) electrons. The molecule has 0 bridgehead atoms. The molecule has 3 aromatic rings. The van der Waals surface area contributed by atoms with Crippen molar-refractivity contribution < 1.29 is 9.59 Å². The molecule has 2 heterocycles. The van der Waals surface area contributed by atoms with Gasteiger partial charge in [0.05, 0.1) is 0 Å². The highest BCUT2D eigenvalue weighted by molar-refractivity contribution is 5.97. The zero-order valence-electron chi connectivity index (χ0n) is 17.3. The van der Waals surface area contributed by atoms with Gasteiger partial charge in [-0.15, -0.1) is 0 Å². The molecule has 0 atom stereocenters. The molecule has 0 unspecified atom stereocenters. The lowest BCUT2D eigenvalue weighted by Crippen LogP contribution is -2.41. The molecule has 156 valence electrons. The van der Waals surface area contributed by atoms with Gasteiger partial charge in [-0.25, -0.2) is 4.79 Å². The zero-order chi connectivity index (χ0) is 20.9. The minimum Gasteiger partial charge on any atom is -0.351 e. The van der Waals surface area contributed by atoms with Gasteiger partial charge in [-0.3, -0.25) is 4.79 Å². The number of para-hydroxylation sites is 1. The van der Waals surface area contributed by atoms with E-state index in [2.05, 4.69) is 15.6 Å². The number of amides is 3. The van der Waals surface area contributed by atoms with E-state index in [0.717, 1.165) is 54.5 Å². The number of benzene rings is 2. The molecule has 1 saturated heterocycles. The predicted molar refractivity (Wildman–Crippen MR) is 120 cm³/mol. The van der Waals surface area contributed by atoms with Gasteiger partial charge in [0.2, 0.25) is 0 Å². The van der Waals surface area contributed by atoms with E-state index in [1.165, 1.54) is 0 Å². The maximum Gasteiger partial charge on any atom is 0.321 e. The van der Waals surface area contributed by atoms with Gasteiger partial charge >= 0.3 is 6.03 Å². The number of aryl methyl sites for hydroxylation is 1. The lowest BCUT2D eigenvalue weighted by molar-refractivity contribution is 0.0945. The molecule has 2 aromatic carbocycles. The van der Waals surface area contributed by atoms with Crippen LogP contribution in [0.3, 0.4) is 0 Å². The van der Waals surface area contributed by atoms with Gasteiger partial charge < -0.3 is 20.5 Å². The number of urea groups is 1. The highest BCUT2D eigenvalue weighted by Crippen LogP contribution is 2.21. The van der Waals surface area contributed by atoms with Crippen LogP contribution >= 0.6 is 0 Å². The van der Waals surface area contributed by atoms with Crippen molar-refractivity contribution in [2.24, 2.45) is 5.92 Å². The summed E-state index contributed by atoms with van der Waals surface area (Å²) in [5.74, 6) is 0.456. The van der Waals surface area contributed by atoms with Crippen LogP contribution < -0.4 is 10.6 Å². The fourth-order valence-electron chi connectivity index (χ4n) is 4.03. The number of carbonyl (C=O) groups is 2. The second-order valence-corrected chi connectivity index (χ2v) is 8.04. The van der Waals surface area contributed by atoms with Gasteiger partial charge in [-0.2, -0.15) is 0 Å². The van der Waals surface area contributed by atoms with Crippen molar-refractivity contribution in [1.29, 1.82) is 0 Å². The van der Waals surface area contributed by atoms with Crippen molar-refractivity contribution in [3.8, 4) is 0 Å². The molecule has 3 amide bonds. The van der Waals surface area contributed by atoms with Gasteiger partial charge in [0.25, 0.3) is 5.91 Å². The van der Waals surface area contributed by atoms with Crippen molar-refractivity contribution >= 4 is 28.5 Å². The number of carbonyl (C=O) groups excluding carboxylic acids is 2. The average molecular weight is 405 g/mol. The molecule has 1 aromatic heterocycles. The second kappa shape index (κ2) is 9.03. The first-order valence-corrected chi connectivity index (χ1v) is 10.6. The smallest absolute Gasteiger partial charge is 0.321 e. The summed E-state index contributed by atoms with van der Waals surface area (Å²) in [6.45, 7) is 4.16. The predicted octanol–water partition coefficient (Wildman–Crippen LogP) is 4.54. The summed E-state index contributed by atoms with van der Waals surface area (Å²) in [6, 6.07) is 17.6. The first kappa shape index (κ1) is 20.0. The Hall–Kier alpha value is -3.28. The summed E-state index contributed by atoms with van der Waals surface area (Å²) in [7, 11) is 0. The van der Waals surface area contributed by atoms with Crippen LogP contribution in [0.25, 0.3) is 10.9 Å². The molecule has 3 N–H and O–H groups in total. The van der Waals surface area contributed by atoms with Crippen LogP contribution in [-0.2, 0) is 0 Å². The van der Waals surface area contributed by atoms with Crippen LogP contribution in [0.5, 0.6) is 0 Å². The van der Waals surface area contributed by atoms with Crippen molar-refractivity contribution in [3.63, 3.8) is 0 Å². The number of anilines is 1. The van der Waals surface area contributed by atoms with E-state index in [1.54, 1.807) is 0 Å². The number of H-pyrrole nitrogens is 1. The normalized spacial score (nSPS) is 14.6. The Morgan fingerprint density at radius 2 is 1.87 bits per heavy atom. The molecule has 1 aliphatic rings. The summed E-state index contributed by atoms with van der Waals surface area (Å²) >= 11 is 0. The Morgan fingerprint density at radius 3 is 2.63 bits per heavy atom. The van der Waals surface area contributed by atoms with E-state index < -0.39 is 0 Å². The molecule has 0 aliphatic carbocycles. The van der Waals surface area contributed by atoms with Gasteiger partial charge in [0.15, 0.2) is 0 Å². The molecule has 4 rings (SSSR count). The van der Waals surface area contributed by atoms with Crippen LogP contribution in [-0.4, -0.2) is 41.5 Å². The SMILES string of the molecule is Cc1cccc(NC(=O)N2CCC(CCNC(=O)c3cc4ccccc4[nH]3)CC2)c1. The molecular weight excluding hydrogens is 376 g/mol. The van der Waals surface area contributed by atoms with E-state index in [-0.39, 0.29) is 11.9 Å². The number of rotatable bonds is 5. The summed E-state index contributed by atoms with van der Waals surface area (Å²) < 4.78 is 0. The third kappa shape index (κ3) is 4.82. The molecule has 30 heavy (non-hydrogen) atoms. The van der Waals surface area contributed by atoms with Crippen LogP contribution in [0.15, 0.2) is 54.6 Å². The average Bonchev–Trinajstić information content (AvgIpc) is 3.19. The van der Waals surface area contributed by atoms with E-state index in [4.69, 9.17) is 0 Å². The van der Waals surface area contributed by atoms with Gasteiger partial charge in [-0.1, -0.05) is 30.3 Å². The number of nitrogens with one attached hydrogen (secondary N) is 3. The van der Waals surface area contributed by atoms with E-state index in [0.29, 0.717) is 18.2 Å². The summed E-state index contributed by atoms with van der Waals surface area (Å²) in [5.41, 5.74) is 3.53. The Balaban J connectivity index is 1.19. The van der Waals surface area contributed by atoms with Crippen LogP contribution in [0.2, 0.25) is 0 Å². The number of aromatic amines is 1. The van der Waals surface area contributed by atoms with Crippen molar-refractivity contribution in [3.05, 3.63) is 65.9 Å². The third-order valence-corrected chi connectivity index (χ3v) is 5.78. The lowest BCUT2D eigenvalue weighted by atomic mass is 9.93. The maximum atomic E-state index is 12.5. The monoisotopic (exact) mass is 404 g/mol. The Bertz CT molecular complexity index is 1000. The molecule has 6 heteroatoms. The van der Waals surface area contributed by atoms with Crippen LogP contribution in [0.4, 0.5) is 10.5 Å². The molecule has 0 spiro atoms. The van der Waals surface area contributed by atoms with Gasteiger partial charge in [0, 0.05) is 36.2 Å². The number of hydrogen-bond donors (Lipinski definition) is 3. The minimum absolute atomic E-state index is 0.0360. The molecule has 1 aliphatic heterocycles. The fraction of sp³-hybridized carbons (Fsp3) is 0.333. The van der Waals surface area contributed by atoms with Gasteiger partial charge in [-0.05, 0) is 61.9 Å². The summed E-state index contributed by atoms with van der Waals surface area (Å²) in [6.07, 6.45) is 2.85. The van der Waals surface area contributed by atoms with E-state index >= 15 is 0 Å². The topological polar surface area (TPSA) is 77.2 Å². The highest BCUT2D eigenvalue weighted by atomic mass is 16.2. The summed E-state index contributed by atoms with van der Waals surface area (Å²) in [4.78, 5) is 29.9. The number of aromatic nitrogens is 1. The van der Waals surface area contributed by atoms with E-state index in [1.807, 2.05) is 66.4 Å². The highest BCUT2D eigenvalue weighted by Gasteiger charge is 2.23. The maximum absolute atomic E-state index is 12.5. The minimum atomic E-state index is -0.0684. The van der Waals surface area contributed by atoms with Crippen molar-refractivity contribution in [2.45, 2.75) is 26.2 Å². The molecule has 1 fully saturated rings. The molecular formula is C24H28N4O2. The van der Waals surface area contributed by atoms with Crippen molar-refractivity contribution in [1.82, 2.24) is 15.2 Å². The Kier molecular flexibility index (Phi) is 6.02.